The zero-order chi connectivity index (χ0) is 13.3. The highest BCUT2D eigenvalue weighted by Crippen LogP contribution is 2.07. The summed E-state index contributed by atoms with van der Waals surface area (Å²) in [5, 5.41) is 0. The van der Waals surface area contributed by atoms with Crippen molar-refractivity contribution in [3.05, 3.63) is 24.4 Å². The molecule has 0 aliphatic heterocycles. The predicted octanol–water partition coefficient (Wildman–Crippen LogP) is 2.10. The zero-order valence-electron chi connectivity index (χ0n) is 10.2. The van der Waals surface area contributed by atoms with Crippen molar-refractivity contribution in [3.63, 3.8) is 0 Å². The molecule has 4 nitrogen and oxygen atoms in total. The maximum absolute atomic E-state index is 11.6. The first-order chi connectivity index (χ1) is 8.08. The first-order valence-electron chi connectivity index (χ1n) is 5.41. The quantitative estimate of drug-likeness (QED) is 0.304. The highest BCUT2D eigenvalue weighted by Gasteiger charge is 2.21. The van der Waals surface area contributed by atoms with Crippen LogP contribution < -0.4 is 0 Å². The molecule has 0 aromatic carbocycles. The van der Waals surface area contributed by atoms with Crippen molar-refractivity contribution in [2.75, 3.05) is 19.0 Å². The normalized spacial score (nSPS) is 10.3. The molecule has 0 unspecified atom stereocenters. The summed E-state index contributed by atoms with van der Waals surface area (Å²) >= 11 is 5.48. The van der Waals surface area contributed by atoms with Gasteiger partial charge < -0.3 is 9.64 Å². The number of nitrogens with zero attached hydrogens (tertiary/aromatic N) is 1. The van der Waals surface area contributed by atoms with E-state index in [1.54, 1.807) is 6.92 Å². The summed E-state index contributed by atoms with van der Waals surface area (Å²) in [6.45, 7) is 7.76. The van der Waals surface area contributed by atoms with Crippen LogP contribution in [0.2, 0.25) is 0 Å². The van der Waals surface area contributed by atoms with Crippen molar-refractivity contribution in [2.45, 2.75) is 20.3 Å². The van der Waals surface area contributed by atoms with Gasteiger partial charge in [0.25, 0.3) is 0 Å². The number of hydrogen-bond acceptors (Lipinski definition) is 3. The molecule has 0 saturated heterocycles. The summed E-state index contributed by atoms with van der Waals surface area (Å²) in [7, 11) is 0. The second-order valence-electron chi connectivity index (χ2n) is 3.20. The van der Waals surface area contributed by atoms with E-state index in [1.807, 2.05) is 19.1 Å². The first kappa shape index (κ1) is 15.7. The van der Waals surface area contributed by atoms with Crippen molar-refractivity contribution in [1.29, 1.82) is 0 Å². The molecule has 0 rings (SSSR count). The summed E-state index contributed by atoms with van der Waals surface area (Å²) in [6.07, 6.45) is 4.40. The van der Waals surface area contributed by atoms with Crippen LogP contribution in [0.15, 0.2) is 24.4 Å². The number of rotatable bonds is 7. The van der Waals surface area contributed by atoms with Gasteiger partial charge in [0.05, 0.1) is 6.61 Å². The van der Waals surface area contributed by atoms with Crippen molar-refractivity contribution in [2.24, 2.45) is 0 Å². The van der Waals surface area contributed by atoms with Gasteiger partial charge >= 0.3 is 5.97 Å². The number of carbonyl (C=O) groups excluding carboxylic acids is 2. The van der Waals surface area contributed by atoms with Crippen LogP contribution in [-0.2, 0) is 14.3 Å². The Balaban J connectivity index is 4.61. The molecular weight excluding hydrogens is 242 g/mol. The minimum absolute atomic E-state index is 0.0296. The van der Waals surface area contributed by atoms with Crippen molar-refractivity contribution in [3.8, 4) is 0 Å². The molecule has 0 aliphatic carbocycles. The summed E-state index contributed by atoms with van der Waals surface area (Å²) in [5.74, 6) is -1.13. The molecule has 0 N–H and O–H groups in total. The van der Waals surface area contributed by atoms with Crippen LogP contribution in [0.4, 0.5) is 0 Å². The molecule has 0 fully saturated rings. The minimum Gasteiger partial charge on any atom is -0.461 e. The lowest BCUT2D eigenvalue weighted by Gasteiger charge is -2.21. The molecule has 0 radical (unpaired) electrons. The molecule has 0 aromatic heterocycles. The molecular formula is C12H18ClNO3. The van der Waals surface area contributed by atoms with Gasteiger partial charge in [-0.2, -0.15) is 0 Å². The lowest BCUT2D eigenvalue weighted by molar-refractivity contribution is -0.143. The molecule has 0 spiro atoms. The average molecular weight is 260 g/mol. The van der Waals surface area contributed by atoms with Gasteiger partial charge in [-0.3, -0.25) is 4.79 Å². The van der Waals surface area contributed by atoms with Crippen LogP contribution in [0.1, 0.15) is 20.3 Å². The number of halogens is 1. The minimum atomic E-state index is -0.591. The lowest BCUT2D eigenvalue weighted by atomic mass is 10.3. The standard InChI is InChI=1S/C12H18ClNO3/c1-4-6-7-8-14(11(15)9-13)10(3)12(16)17-5-2/h4,6H,3,5,7-9H2,1-2H3/b6-4+. The number of alkyl halides is 1. The monoisotopic (exact) mass is 259 g/mol. The first-order valence-corrected chi connectivity index (χ1v) is 5.95. The van der Waals surface area contributed by atoms with E-state index in [0.29, 0.717) is 13.0 Å². The molecule has 1 amide bonds. The van der Waals surface area contributed by atoms with E-state index in [4.69, 9.17) is 16.3 Å². The van der Waals surface area contributed by atoms with Gasteiger partial charge in [0.2, 0.25) is 5.91 Å². The van der Waals surface area contributed by atoms with Gasteiger partial charge in [-0.1, -0.05) is 18.7 Å². The Labute approximate surface area is 107 Å². The number of esters is 1. The van der Waals surface area contributed by atoms with E-state index >= 15 is 0 Å². The van der Waals surface area contributed by atoms with E-state index in [-0.39, 0.29) is 24.1 Å². The summed E-state index contributed by atoms with van der Waals surface area (Å²) in [4.78, 5) is 24.3. The van der Waals surface area contributed by atoms with Gasteiger partial charge in [0, 0.05) is 6.54 Å². The van der Waals surface area contributed by atoms with E-state index in [2.05, 4.69) is 6.58 Å². The third kappa shape index (κ3) is 5.54. The Morgan fingerprint density at radius 2 is 2.12 bits per heavy atom. The summed E-state index contributed by atoms with van der Waals surface area (Å²) in [6, 6.07) is 0. The van der Waals surface area contributed by atoms with Gasteiger partial charge in [-0.05, 0) is 20.3 Å². The van der Waals surface area contributed by atoms with Crippen LogP contribution in [0, 0.1) is 0 Å². The third-order valence-corrected chi connectivity index (χ3v) is 2.24. The van der Waals surface area contributed by atoms with Crippen LogP contribution in [0.25, 0.3) is 0 Å². The topological polar surface area (TPSA) is 46.6 Å². The van der Waals surface area contributed by atoms with Crippen molar-refractivity contribution in [1.82, 2.24) is 4.90 Å². The van der Waals surface area contributed by atoms with E-state index < -0.39 is 5.97 Å². The molecule has 0 bridgehead atoms. The average Bonchev–Trinajstić information content (AvgIpc) is 2.33. The van der Waals surface area contributed by atoms with Crippen LogP contribution in [0.3, 0.4) is 0 Å². The number of amides is 1. The smallest absolute Gasteiger partial charge is 0.354 e. The number of ether oxygens (including phenoxy) is 1. The van der Waals surface area contributed by atoms with E-state index in [9.17, 15) is 9.59 Å². The van der Waals surface area contributed by atoms with Crippen molar-refractivity contribution < 1.29 is 14.3 Å². The van der Waals surface area contributed by atoms with E-state index in [0.717, 1.165) is 0 Å². The molecule has 5 heteroatoms. The fourth-order valence-corrected chi connectivity index (χ4v) is 1.32. The summed E-state index contributed by atoms with van der Waals surface area (Å²) < 4.78 is 4.79. The van der Waals surface area contributed by atoms with Crippen LogP contribution in [0.5, 0.6) is 0 Å². The molecule has 0 atom stereocenters. The maximum Gasteiger partial charge on any atom is 0.354 e. The molecule has 17 heavy (non-hydrogen) atoms. The van der Waals surface area contributed by atoms with Crippen molar-refractivity contribution >= 4 is 23.5 Å². The highest BCUT2D eigenvalue weighted by atomic mass is 35.5. The molecule has 0 aliphatic rings. The van der Waals surface area contributed by atoms with Gasteiger partial charge in [0.15, 0.2) is 0 Å². The van der Waals surface area contributed by atoms with Gasteiger partial charge in [0.1, 0.15) is 11.6 Å². The Bertz CT molecular complexity index is 313. The largest absolute Gasteiger partial charge is 0.461 e. The van der Waals surface area contributed by atoms with Crippen LogP contribution >= 0.6 is 11.6 Å². The SMILES string of the molecule is C=C(C(=O)OCC)N(CC/C=C/C)C(=O)CCl. The molecule has 96 valence electrons. The number of allylic oxidation sites excluding steroid dienone is 1. The van der Waals surface area contributed by atoms with E-state index in [1.165, 1.54) is 4.90 Å². The second kappa shape index (κ2) is 8.82. The van der Waals surface area contributed by atoms with Crippen LogP contribution in [-0.4, -0.2) is 35.8 Å². The van der Waals surface area contributed by atoms with Gasteiger partial charge in [-0.25, -0.2) is 4.79 Å². The summed E-state index contributed by atoms with van der Waals surface area (Å²) in [5.41, 5.74) is 0.0296. The maximum atomic E-state index is 11.6. The molecule has 0 saturated carbocycles. The van der Waals surface area contributed by atoms with Gasteiger partial charge in [-0.15, -0.1) is 11.6 Å². The lowest BCUT2D eigenvalue weighted by Crippen LogP contribution is -2.35. The Hall–Kier alpha value is -1.29. The number of carbonyl (C=O) groups is 2. The molecule has 0 aromatic rings. The fraction of sp³-hybridized carbons (Fsp3) is 0.500. The second-order valence-corrected chi connectivity index (χ2v) is 3.47. The Morgan fingerprint density at radius 1 is 1.47 bits per heavy atom. The number of hydrogen-bond donors (Lipinski definition) is 0. The highest BCUT2D eigenvalue weighted by molar-refractivity contribution is 6.27. The fourth-order valence-electron chi connectivity index (χ4n) is 1.18. The third-order valence-electron chi connectivity index (χ3n) is 2.01. The zero-order valence-corrected chi connectivity index (χ0v) is 11.0. The predicted molar refractivity (Wildman–Crippen MR) is 67.6 cm³/mol. The Kier molecular flexibility index (Phi) is 8.15. The Morgan fingerprint density at radius 3 is 2.59 bits per heavy atom. The molecule has 0 heterocycles.